The minimum absolute atomic E-state index is 0.306. The van der Waals surface area contributed by atoms with Crippen LogP contribution < -0.4 is 16.8 Å². The van der Waals surface area contributed by atoms with Crippen molar-refractivity contribution in [2.45, 2.75) is 6.54 Å². The summed E-state index contributed by atoms with van der Waals surface area (Å²) in [6, 6.07) is 3.52. The quantitative estimate of drug-likeness (QED) is 0.763. The predicted molar refractivity (Wildman–Crippen MR) is 68.8 cm³/mol. The number of thiophene rings is 1. The van der Waals surface area contributed by atoms with Crippen LogP contribution in [-0.2, 0) is 6.54 Å². The van der Waals surface area contributed by atoms with Gasteiger partial charge in [-0.2, -0.15) is 11.3 Å². The Bertz CT molecular complexity index is 524. The monoisotopic (exact) mass is 248 g/mol. The lowest BCUT2D eigenvalue weighted by atomic mass is 10.2. The fourth-order valence-electron chi connectivity index (χ4n) is 1.39. The number of carbonyl (C=O) groups is 1. The number of nitrogen functional groups attached to an aromatic ring is 1. The lowest BCUT2D eigenvalue weighted by molar-refractivity contribution is 0.100. The van der Waals surface area contributed by atoms with Crippen molar-refractivity contribution >= 4 is 28.7 Å². The highest BCUT2D eigenvalue weighted by molar-refractivity contribution is 7.07. The van der Waals surface area contributed by atoms with Gasteiger partial charge in [0, 0.05) is 6.54 Å². The number of carbonyl (C=O) groups excluding carboxylic acids is 1. The Labute approximate surface area is 102 Å². The van der Waals surface area contributed by atoms with Crippen LogP contribution in [0.4, 0.5) is 11.5 Å². The summed E-state index contributed by atoms with van der Waals surface area (Å²) in [5, 5.41) is 7.07. The maximum absolute atomic E-state index is 11.2. The van der Waals surface area contributed by atoms with Gasteiger partial charge >= 0.3 is 0 Å². The van der Waals surface area contributed by atoms with E-state index in [4.69, 9.17) is 11.5 Å². The summed E-state index contributed by atoms with van der Waals surface area (Å²) in [6.45, 7) is 0.598. The zero-order valence-electron chi connectivity index (χ0n) is 9.01. The minimum atomic E-state index is -0.544. The van der Waals surface area contributed by atoms with Crippen LogP contribution in [0, 0.1) is 0 Å². The molecule has 0 radical (unpaired) electrons. The molecule has 0 fully saturated rings. The van der Waals surface area contributed by atoms with Gasteiger partial charge in [0.05, 0.1) is 17.4 Å². The second-order valence-electron chi connectivity index (χ2n) is 3.51. The van der Waals surface area contributed by atoms with Crippen LogP contribution in [0.25, 0.3) is 0 Å². The fourth-order valence-corrected chi connectivity index (χ4v) is 2.06. The van der Waals surface area contributed by atoms with Crippen LogP contribution in [0.1, 0.15) is 15.9 Å². The molecule has 0 aromatic carbocycles. The number of amides is 1. The molecule has 0 atom stereocenters. The Balaban J connectivity index is 2.17. The zero-order valence-corrected chi connectivity index (χ0v) is 9.83. The summed E-state index contributed by atoms with van der Waals surface area (Å²) in [4.78, 5) is 15.3. The smallest absolute Gasteiger partial charge is 0.252 e. The van der Waals surface area contributed by atoms with Gasteiger partial charge in [-0.1, -0.05) is 0 Å². The maximum Gasteiger partial charge on any atom is 0.252 e. The van der Waals surface area contributed by atoms with E-state index in [1.807, 2.05) is 16.8 Å². The number of primary amides is 1. The summed E-state index contributed by atoms with van der Waals surface area (Å²) < 4.78 is 0. The van der Waals surface area contributed by atoms with Crippen LogP contribution in [0.15, 0.2) is 29.1 Å². The molecule has 88 valence electrons. The number of anilines is 2. The summed E-state index contributed by atoms with van der Waals surface area (Å²) in [5.41, 5.74) is 12.7. The van der Waals surface area contributed by atoms with E-state index in [0.29, 0.717) is 23.6 Å². The van der Waals surface area contributed by atoms with E-state index in [2.05, 4.69) is 10.3 Å². The van der Waals surface area contributed by atoms with Crippen LogP contribution in [0.2, 0.25) is 0 Å². The van der Waals surface area contributed by atoms with E-state index in [-0.39, 0.29) is 0 Å². The summed E-state index contributed by atoms with van der Waals surface area (Å²) in [7, 11) is 0. The third kappa shape index (κ3) is 2.73. The molecule has 1 amide bonds. The van der Waals surface area contributed by atoms with Gasteiger partial charge < -0.3 is 16.8 Å². The largest absolute Gasteiger partial charge is 0.397 e. The van der Waals surface area contributed by atoms with E-state index in [1.165, 1.54) is 12.3 Å². The van der Waals surface area contributed by atoms with Gasteiger partial charge in [-0.05, 0) is 28.5 Å². The first-order chi connectivity index (χ1) is 8.16. The van der Waals surface area contributed by atoms with Crippen molar-refractivity contribution in [2.24, 2.45) is 5.73 Å². The summed E-state index contributed by atoms with van der Waals surface area (Å²) >= 11 is 1.62. The van der Waals surface area contributed by atoms with Gasteiger partial charge in [-0.3, -0.25) is 4.79 Å². The molecule has 0 spiro atoms. The van der Waals surface area contributed by atoms with Crippen LogP contribution in [0.5, 0.6) is 0 Å². The minimum Gasteiger partial charge on any atom is -0.397 e. The SMILES string of the molecule is NC(=O)c1cc(N)cnc1NCc1ccsc1. The standard InChI is InChI=1S/C11H12N4OS/c12-8-3-9(10(13)16)11(15-5-8)14-4-7-1-2-17-6-7/h1-3,5-6H,4,12H2,(H2,13,16)(H,14,15). The Morgan fingerprint density at radius 2 is 2.35 bits per heavy atom. The highest BCUT2D eigenvalue weighted by Crippen LogP contribution is 2.16. The molecule has 6 heteroatoms. The van der Waals surface area contributed by atoms with Crippen molar-refractivity contribution in [2.75, 3.05) is 11.1 Å². The summed E-state index contributed by atoms with van der Waals surface area (Å²) in [6.07, 6.45) is 1.49. The normalized spacial score (nSPS) is 10.1. The molecule has 0 aliphatic rings. The van der Waals surface area contributed by atoms with Crippen molar-refractivity contribution < 1.29 is 4.79 Å². The predicted octanol–water partition coefficient (Wildman–Crippen LogP) is 1.44. The number of nitrogens with one attached hydrogen (secondary N) is 1. The molecule has 0 bridgehead atoms. The molecule has 2 aromatic rings. The highest BCUT2D eigenvalue weighted by Gasteiger charge is 2.09. The third-order valence-electron chi connectivity index (χ3n) is 2.21. The van der Waals surface area contributed by atoms with Gasteiger partial charge in [-0.25, -0.2) is 4.98 Å². The average molecular weight is 248 g/mol. The molecule has 0 aliphatic carbocycles. The molecule has 0 saturated heterocycles. The Morgan fingerprint density at radius 3 is 3.00 bits per heavy atom. The van der Waals surface area contributed by atoms with E-state index >= 15 is 0 Å². The second kappa shape index (κ2) is 4.84. The van der Waals surface area contributed by atoms with E-state index in [9.17, 15) is 4.79 Å². The first kappa shape index (κ1) is 11.4. The molecule has 0 saturated carbocycles. The number of nitrogens with zero attached hydrogens (tertiary/aromatic N) is 1. The number of pyridine rings is 1. The third-order valence-corrected chi connectivity index (χ3v) is 2.95. The lowest BCUT2D eigenvalue weighted by Gasteiger charge is -2.08. The van der Waals surface area contributed by atoms with Gasteiger partial charge in [-0.15, -0.1) is 0 Å². The number of hydrogen-bond donors (Lipinski definition) is 3. The van der Waals surface area contributed by atoms with Crippen molar-refractivity contribution in [3.05, 3.63) is 40.2 Å². The highest BCUT2D eigenvalue weighted by atomic mass is 32.1. The first-order valence-electron chi connectivity index (χ1n) is 4.97. The van der Waals surface area contributed by atoms with Crippen molar-refractivity contribution in [1.29, 1.82) is 0 Å². The molecule has 17 heavy (non-hydrogen) atoms. The van der Waals surface area contributed by atoms with E-state index < -0.39 is 5.91 Å². The van der Waals surface area contributed by atoms with Crippen LogP contribution in [0.3, 0.4) is 0 Å². The van der Waals surface area contributed by atoms with Gasteiger partial charge in [0.25, 0.3) is 5.91 Å². The van der Waals surface area contributed by atoms with Gasteiger partial charge in [0.15, 0.2) is 0 Å². The van der Waals surface area contributed by atoms with Crippen molar-refractivity contribution in [3.8, 4) is 0 Å². The molecule has 2 aromatic heterocycles. The topological polar surface area (TPSA) is 94.0 Å². The molecule has 0 aliphatic heterocycles. The van der Waals surface area contributed by atoms with Crippen molar-refractivity contribution in [3.63, 3.8) is 0 Å². The molecule has 2 rings (SSSR count). The zero-order chi connectivity index (χ0) is 12.3. The molecule has 2 heterocycles. The first-order valence-corrected chi connectivity index (χ1v) is 5.91. The number of nitrogens with two attached hydrogens (primary N) is 2. The number of rotatable bonds is 4. The Hall–Kier alpha value is -2.08. The molecule has 5 nitrogen and oxygen atoms in total. The van der Waals surface area contributed by atoms with Crippen molar-refractivity contribution in [1.82, 2.24) is 4.98 Å². The van der Waals surface area contributed by atoms with E-state index in [1.54, 1.807) is 11.3 Å². The van der Waals surface area contributed by atoms with Crippen LogP contribution >= 0.6 is 11.3 Å². The number of aromatic nitrogens is 1. The molecular weight excluding hydrogens is 236 g/mol. The van der Waals surface area contributed by atoms with Gasteiger partial charge in [0.1, 0.15) is 5.82 Å². The lowest BCUT2D eigenvalue weighted by Crippen LogP contribution is -2.16. The average Bonchev–Trinajstić information content (AvgIpc) is 2.80. The van der Waals surface area contributed by atoms with Gasteiger partial charge in [0.2, 0.25) is 0 Å². The second-order valence-corrected chi connectivity index (χ2v) is 4.29. The number of hydrogen-bond acceptors (Lipinski definition) is 5. The maximum atomic E-state index is 11.2. The molecule has 0 unspecified atom stereocenters. The Kier molecular flexibility index (Phi) is 3.24. The Morgan fingerprint density at radius 1 is 1.53 bits per heavy atom. The fraction of sp³-hybridized carbons (Fsp3) is 0.0909. The molecular formula is C11H12N4OS. The van der Waals surface area contributed by atoms with Crippen LogP contribution in [-0.4, -0.2) is 10.9 Å². The molecule has 5 N–H and O–H groups in total. The van der Waals surface area contributed by atoms with E-state index in [0.717, 1.165) is 5.56 Å². The summed E-state index contributed by atoms with van der Waals surface area (Å²) in [5.74, 6) is -0.0875.